The first-order valence-electron chi connectivity index (χ1n) is 5.87. The molecular weight excluding hydrogens is 312 g/mol. The molecule has 0 saturated heterocycles. The third-order valence-corrected chi connectivity index (χ3v) is 3.58. The van der Waals surface area contributed by atoms with Gasteiger partial charge in [0.2, 0.25) is 0 Å². The molecule has 0 aliphatic rings. The fourth-order valence-corrected chi connectivity index (χ4v) is 2.50. The molecule has 0 aliphatic carbocycles. The van der Waals surface area contributed by atoms with Gasteiger partial charge in [0.05, 0.1) is 6.04 Å². The molecule has 2 rings (SSSR count). The molecule has 0 aromatic heterocycles. The monoisotopic (exact) mass is 325 g/mol. The van der Waals surface area contributed by atoms with Crippen LogP contribution in [0.2, 0.25) is 0 Å². The minimum Gasteiger partial charge on any atom is -0.320 e. The summed E-state index contributed by atoms with van der Waals surface area (Å²) < 4.78 is 28.2. The van der Waals surface area contributed by atoms with E-state index in [2.05, 4.69) is 15.9 Å². The molecule has 100 valence electrons. The van der Waals surface area contributed by atoms with Gasteiger partial charge in [0.15, 0.2) is 0 Å². The molecule has 0 fully saturated rings. The van der Waals surface area contributed by atoms with Crippen LogP contribution in [0.5, 0.6) is 0 Å². The first-order chi connectivity index (χ1) is 8.90. The molecule has 0 amide bonds. The van der Waals surface area contributed by atoms with Gasteiger partial charge in [-0.15, -0.1) is 0 Å². The van der Waals surface area contributed by atoms with Gasteiger partial charge in [0.1, 0.15) is 11.6 Å². The van der Waals surface area contributed by atoms with E-state index in [1.54, 1.807) is 0 Å². The third-order valence-electron chi connectivity index (χ3n) is 3.12. The molecule has 1 atom stereocenters. The van der Waals surface area contributed by atoms with E-state index in [0.29, 0.717) is 4.47 Å². The average molecular weight is 326 g/mol. The van der Waals surface area contributed by atoms with Crippen molar-refractivity contribution in [3.63, 3.8) is 0 Å². The first kappa shape index (κ1) is 14.2. The smallest absolute Gasteiger partial charge is 0.132 e. The van der Waals surface area contributed by atoms with Crippen molar-refractivity contribution in [2.45, 2.75) is 19.9 Å². The summed E-state index contributed by atoms with van der Waals surface area (Å²) in [5.41, 5.74) is 8.60. The Labute approximate surface area is 119 Å². The predicted molar refractivity (Wildman–Crippen MR) is 76.0 cm³/mol. The highest BCUT2D eigenvalue weighted by Crippen LogP contribution is 2.29. The summed E-state index contributed by atoms with van der Waals surface area (Å²) in [6.07, 6.45) is 0. The first-order valence-corrected chi connectivity index (χ1v) is 6.66. The maximum atomic E-state index is 13.9. The Hall–Kier alpha value is -1.26. The summed E-state index contributed by atoms with van der Waals surface area (Å²) in [5.74, 6) is -1.28. The number of hydrogen-bond acceptors (Lipinski definition) is 1. The van der Waals surface area contributed by atoms with Crippen LogP contribution in [0.4, 0.5) is 8.78 Å². The number of aryl methyl sites for hydroxylation is 2. The summed E-state index contributed by atoms with van der Waals surface area (Å²) >= 11 is 3.06. The highest BCUT2D eigenvalue weighted by atomic mass is 79.9. The van der Waals surface area contributed by atoms with Crippen LogP contribution in [0.15, 0.2) is 34.8 Å². The lowest BCUT2D eigenvalue weighted by Crippen LogP contribution is -2.17. The minimum absolute atomic E-state index is 0.100. The minimum atomic E-state index is -0.812. The van der Waals surface area contributed by atoms with Gasteiger partial charge in [0.25, 0.3) is 0 Å². The highest BCUT2D eigenvalue weighted by Gasteiger charge is 2.20. The van der Waals surface area contributed by atoms with Crippen LogP contribution in [0.1, 0.15) is 28.3 Å². The molecule has 19 heavy (non-hydrogen) atoms. The molecule has 2 aromatic carbocycles. The van der Waals surface area contributed by atoms with Crippen molar-refractivity contribution in [3.8, 4) is 0 Å². The van der Waals surface area contributed by atoms with Crippen LogP contribution in [-0.2, 0) is 0 Å². The average Bonchev–Trinajstić information content (AvgIpc) is 2.30. The number of benzene rings is 2. The second-order valence-corrected chi connectivity index (χ2v) is 5.54. The highest BCUT2D eigenvalue weighted by molar-refractivity contribution is 9.10. The second-order valence-electron chi connectivity index (χ2n) is 4.62. The van der Waals surface area contributed by atoms with E-state index in [0.717, 1.165) is 16.7 Å². The van der Waals surface area contributed by atoms with Gasteiger partial charge in [0, 0.05) is 10.0 Å². The van der Waals surface area contributed by atoms with E-state index in [4.69, 9.17) is 5.73 Å². The molecule has 1 unspecified atom stereocenters. The number of rotatable bonds is 2. The van der Waals surface area contributed by atoms with Gasteiger partial charge in [-0.05, 0) is 37.1 Å². The van der Waals surface area contributed by atoms with Gasteiger partial charge in [-0.3, -0.25) is 0 Å². The van der Waals surface area contributed by atoms with Crippen molar-refractivity contribution in [1.29, 1.82) is 0 Å². The van der Waals surface area contributed by atoms with Crippen molar-refractivity contribution in [2.75, 3.05) is 0 Å². The normalized spacial score (nSPS) is 12.5. The Balaban J connectivity index is 2.56. The van der Waals surface area contributed by atoms with Crippen molar-refractivity contribution < 1.29 is 8.78 Å². The number of hydrogen-bond donors (Lipinski definition) is 1. The topological polar surface area (TPSA) is 26.0 Å². The van der Waals surface area contributed by atoms with Crippen LogP contribution < -0.4 is 5.73 Å². The van der Waals surface area contributed by atoms with Gasteiger partial charge in [-0.1, -0.05) is 39.7 Å². The van der Waals surface area contributed by atoms with Crippen molar-refractivity contribution in [3.05, 3.63) is 68.7 Å². The largest absolute Gasteiger partial charge is 0.320 e. The van der Waals surface area contributed by atoms with E-state index in [9.17, 15) is 8.78 Å². The molecule has 0 bridgehead atoms. The molecule has 0 spiro atoms. The second kappa shape index (κ2) is 5.39. The maximum Gasteiger partial charge on any atom is 0.132 e. The Morgan fingerprint density at radius 3 is 2.21 bits per heavy atom. The number of nitrogens with two attached hydrogens (primary N) is 1. The van der Waals surface area contributed by atoms with Crippen LogP contribution in [0.25, 0.3) is 0 Å². The fraction of sp³-hybridized carbons (Fsp3) is 0.200. The standard InChI is InChI=1S/C15H14BrF2N/c1-8-3-4-9(2)11(5-8)15(19)14-12(17)6-10(16)7-13(14)18/h3-7,15H,19H2,1-2H3. The Kier molecular flexibility index (Phi) is 4.02. The summed E-state index contributed by atoms with van der Waals surface area (Å²) in [4.78, 5) is 0. The molecule has 0 aliphatic heterocycles. The SMILES string of the molecule is Cc1ccc(C)c(C(N)c2c(F)cc(Br)cc2F)c1. The zero-order chi connectivity index (χ0) is 14.2. The van der Waals surface area contributed by atoms with Gasteiger partial charge in [-0.2, -0.15) is 0 Å². The summed E-state index contributed by atoms with van der Waals surface area (Å²) in [6, 6.07) is 7.35. The lowest BCUT2D eigenvalue weighted by molar-refractivity contribution is 0.541. The van der Waals surface area contributed by atoms with E-state index in [1.165, 1.54) is 12.1 Å². The van der Waals surface area contributed by atoms with Crippen molar-refractivity contribution in [2.24, 2.45) is 5.73 Å². The number of halogens is 3. The van der Waals surface area contributed by atoms with Crippen LogP contribution in [-0.4, -0.2) is 0 Å². The summed E-state index contributed by atoms with van der Waals surface area (Å²) in [5, 5.41) is 0. The molecule has 0 radical (unpaired) electrons. The molecule has 2 aromatic rings. The molecule has 1 nitrogen and oxygen atoms in total. The Morgan fingerprint density at radius 1 is 1.05 bits per heavy atom. The summed E-state index contributed by atoms with van der Waals surface area (Å²) in [7, 11) is 0. The predicted octanol–water partition coefficient (Wildman–Crippen LogP) is 4.39. The molecule has 0 saturated carbocycles. The van der Waals surface area contributed by atoms with E-state index in [1.807, 2.05) is 32.0 Å². The Bertz CT molecular complexity index is 603. The molecule has 4 heteroatoms. The lowest BCUT2D eigenvalue weighted by Gasteiger charge is -2.17. The zero-order valence-corrected chi connectivity index (χ0v) is 12.3. The molecule has 0 heterocycles. The van der Waals surface area contributed by atoms with Crippen molar-refractivity contribution in [1.82, 2.24) is 0 Å². The zero-order valence-electron chi connectivity index (χ0n) is 10.7. The quantitative estimate of drug-likeness (QED) is 0.870. The van der Waals surface area contributed by atoms with Crippen molar-refractivity contribution >= 4 is 15.9 Å². The Morgan fingerprint density at radius 2 is 1.63 bits per heavy atom. The van der Waals surface area contributed by atoms with Crippen LogP contribution in [0, 0.1) is 25.5 Å². The fourth-order valence-electron chi connectivity index (χ4n) is 2.10. The van der Waals surface area contributed by atoms with Crippen LogP contribution >= 0.6 is 15.9 Å². The van der Waals surface area contributed by atoms with Crippen LogP contribution in [0.3, 0.4) is 0 Å². The van der Waals surface area contributed by atoms with Gasteiger partial charge in [-0.25, -0.2) is 8.78 Å². The van der Waals surface area contributed by atoms with E-state index in [-0.39, 0.29) is 5.56 Å². The third kappa shape index (κ3) is 2.85. The van der Waals surface area contributed by atoms with E-state index >= 15 is 0 Å². The van der Waals surface area contributed by atoms with E-state index < -0.39 is 17.7 Å². The lowest BCUT2D eigenvalue weighted by atomic mass is 9.93. The van der Waals surface area contributed by atoms with Gasteiger partial charge < -0.3 is 5.73 Å². The maximum absolute atomic E-state index is 13.9. The molecular formula is C15H14BrF2N. The van der Waals surface area contributed by atoms with Gasteiger partial charge >= 0.3 is 0 Å². The summed E-state index contributed by atoms with van der Waals surface area (Å²) in [6.45, 7) is 3.80. The molecule has 2 N–H and O–H groups in total.